The van der Waals surface area contributed by atoms with Gasteiger partial charge in [-0.05, 0) is 48.4 Å². The SMILES string of the molecule is Cc1cccc(N2C(=O)c3cccnc3[C@H]2CC(=O)NCc2cccnc2)c1. The van der Waals surface area contributed by atoms with Crippen LogP contribution in [0.25, 0.3) is 0 Å². The van der Waals surface area contributed by atoms with Crippen LogP contribution in [0.3, 0.4) is 0 Å². The third-order valence-corrected chi connectivity index (χ3v) is 4.79. The number of nitrogens with zero attached hydrogens (tertiary/aromatic N) is 3. The summed E-state index contributed by atoms with van der Waals surface area (Å²) in [4.78, 5) is 35.8. The van der Waals surface area contributed by atoms with Crippen LogP contribution in [0.4, 0.5) is 5.69 Å². The number of benzene rings is 1. The van der Waals surface area contributed by atoms with Gasteiger partial charge < -0.3 is 5.32 Å². The second-order valence-corrected chi connectivity index (χ2v) is 6.81. The summed E-state index contributed by atoms with van der Waals surface area (Å²) < 4.78 is 0. The van der Waals surface area contributed by atoms with E-state index in [9.17, 15) is 9.59 Å². The van der Waals surface area contributed by atoms with Crippen LogP contribution in [0.5, 0.6) is 0 Å². The first kappa shape index (κ1) is 17.9. The lowest BCUT2D eigenvalue weighted by Crippen LogP contribution is -2.33. The topological polar surface area (TPSA) is 75.2 Å². The van der Waals surface area contributed by atoms with E-state index >= 15 is 0 Å². The minimum absolute atomic E-state index is 0.126. The molecule has 0 unspecified atom stereocenters. The lowest BCUT2D eigenvalue weighted by atomic mass is 10.1. The van der Waals surface area contributed by atoms with Gasteiger partial charge in [0.25, 0.3) is 5.91 Å². The summed E-state index contributed by atoms with van der Waals surface area (Å²) >= 11 is 0. The molecule has 0 radical (unpaired) electrons. The summed E-state index contributed by atoms with van der Waals surface area (Å²) in [6.07, 6.45) is 5.21. The minimum Gasteiger partial charge on any atom is -0.352 e. The zero-order chi connectivity index (χ0) is 19.5. The van der Waals surface area contributed by atoms with Crippen LogP contribution in [0.2, 0.25) is 0 Å². The van der Waals surface area contributed by atoms with Crippen molar-refractivity contribution in [2.75, 3.05) is 4.90 Å². The number of hydrogen-bond acceptors (Lipinski definition) is 4. The smallest absolute Gasteiger partial charge is 0.260 e. The predicted molar refractivity (Wildman–Crippen MR) is 106 cm³/mol. The molecule has 140 valence electrons. The maximum absolute atomic E-state index is 13.0. The summed E-state index contributed by atoms with van der Waals surface area (Å²) in [6, 6.07) is 14.5. The van der Waals surface area contributed by atoms with E-state index in [0.29, 0.717) is 17.8 Å². The van der Waals surface area contributed by atoms with E-state index in [1.165, 1.54) is 0 Å². The van der Waals surface area contributed by atoms with Crippen molar-refractivity contribution in [2.24, 2.45) is 0 Å². The predicted octanol–water partition coefficient (Wildman–Crippen LogP) is 3.19. The van der Waals surface area contributed by atoms with Crippen LogP contribution in [0.15, 0.2) is 67.1 Å². The molecular weight excluding hydrogens is 352 g/mol. The van der Waals surface area contributed by atoms with E-state index in [0.717, 1.165) is 16.8 Å². The van der Waals surface area contributed by atoms with Crippen molar-refractivity contribution in [1.29, 1.82) is 0 Å². The second-order valence-electron chi connectivity index (χ2n) is 6.81. The molecule has 1 N–H and O–H groups in total. The number of hydrogen-bond donors (Lipinski definition) is 1. The molecule has 3 aromatic rings. The van der Waals surface area contributed by atoms with Gasteiger partial charge in [0.2, 0.25) is 5.91 Å². The van der Waals surface area contributed by atoms with Gasteiger partial charge in [-0.3, -0.25) is 24.5 Å². The van der Waals surface area contributed by atoms with Crippen molar-refractivity contribution in [3.8, 4) is 0 Å². The monoisotopic (exact) mass is 372 g/mol. The number of carbonyl (C=O) groups is 2. The van der Waals surface area contributed by atoms with Gasteiger partial charge in [-0.15, -0.1) is 0 Å². The highest BCUT2D eigenvalue weighted by molar-refractivity contribution is 6.11. The van der Waals surface area contributed by atoms with Crippen LogP contribution in [0.1, 0.15) is 39.6 Å². The number of fused-ring (bicyclic) bond motifs is 1. The molecule has 2 aromatic heterocycles. The molecule has 0 bridgehead atoms. The van der Waals surface area contributed by atoms with E-state index in [4.69, 9.17) is 0 Å². The van der Waals surface area contributed by atoms with Crippen LogP contribution in [0, 0.1) is 6.92 Å². The quantitative estimate of drug-likeness (QED) is 0.746. The van der Waals surface area contributed by atoms with E-state index in [-0.39, 0.29) is 18.2 Å². The fraction of sp³-hybridized carbons (Fsp3) is 0.182. The summed E-state index contributed by atoms with van der Waals surface area (Å²) in [5.41, 5.74) is 3.94. The molecule has 6 nitrogen and oxygen atoms in total. The van der Waals surface area contributed by atoms with Gasteiger partial charge in [0.1, 0.15) is 0 Å². The molecule has 1 aliphatic heterocycles. The van der Waals surface area contributed by atoms with Crippen LogP contribution < -0.4 is 10.2 Å². The number of nitrogens with one attached hydrogen (secondary N) is 1. The molecule has 3 heterocycles. The number of amides is 2. The van der Waals surface area contributed by atoms with Crippen LogP contribution in [-0.2, 0) is 11.3 Å². The normalized spacial score (nSPS) is 15.4. The van der Waals surface area contributed by atoms with Gasteiger partial charge >= 0.3 is 0 Å². The third-order valence-electron chi connectivity index (χ3n) is 4.79. The molecule has 6 heteroatoms. The summed E-state index contributed by atoms with van der Waals surface area (Å²) in [5, 5.41) is 2.91. The molecule has 28 heavy (non-hydrogen) atoms. The lowest BCUT2D eigenvalue weighted by Gasteiger charge is -2.25. The standard InChI is InChI=1S/C22H20N4O2/c1-15-5-2-7-17(11-15)26-19(21-18(22(26)28)8-4-10-24-21)12-20(27)25-14-16-6-3-9-23-13-16/h2-11,13,19H,12,14H2,1H3,(H,25,27)/t19-/m1/s1. The molecule has 0 spiro atoms. The molecule has 0 saturated heterocycles. The summed E-state index contributed by atoms with van der Waals surface area (Å²) in [5.74, 6) is -0.267. The molecule has 0 saturated carbocycles. The summed E-state index contributed by atoms with van der Waals surface area (Å²) in [7, 11) is 0. The Kier molecular flexibility index (Phi) is 4.85. The zero-order valence-electron chi connectivity index (χ0n) is 15.5. The van der Waals surface area contributed by atoms with Gasteiger partial charge in [-0.25, -0.2) is 0 Å². The Labute approximate surface area is 163 Å². The molecule has 1 aliphatic rings. The Hall–Kier alpha value is -3.54. The van der Waals surface area contributed by atoms with Crippen molar-refractivity contribution < 1.29 is 9.59 Å². The average molecular weight is 372 g/mol. The highest BCUT2D eigenvalue weighted by Crippen LogP contribution is 2.38. The van der Waals surface area contributed by atoms with E-state index in [1.807, 2.05) is 43.3 Å². The van der Waals surface area contributed by atoms with E-state index in [1.54, 1.807) is 35.6 Å². The zero-order valence-corrected chi connectivity index (χ0v) is 15.5. The van der Waals surface area contributed by atoms with Gasteiger partial charge in [-0.1, -0.05) is 18.2 Å². The first-order chi connectivity index (χ1) is 13.6. The third kappa shape index (κ3) is 3.49. The van der Waals surface area contributed by atoms with E-state index in [2.05, 4.69) is 15.3 Å². The Morgan fingerprint density at radius 2 is 2.00 bits per heavy atom. The molecule has 1 aromatic carbocycles. The molecule has 0 aliphatic carbocycles. The number of aromatic nitrogens is 2. The molecule has 0 fully saturated rings. The van der Waals surface area contributed by atoms with Crippen molar-refractivity contribution >= 4 is 17.5 Å². The molecule has 4 rings (SSSR count). The maximum Gasteiger partial charge on any atom is 0.260 e. The number of aryl methyl sites for hydroxylation is 1. The van der Waals surface area contributed by atoms with E-state index < -0.39 is 6.04 Å². The van der Waals surface area contributed by atoms with Crippen LogP contribution >= 0.6 is 0 Å². The second kappa shape index (κ2) is 7.60. The Morgan fingerprint density at radius 1 is 1.14 bits per heavy atom. The number of rotatable bonds is 5. The number of carbonyl (C=O) groups excluding carboxylic acids is 2. The van der Waals surface area contributed by atoms with Gasteiger partial charge in [0, 0.05) is 30.8 Å². The fourth-order valence-electron chi connectivity index (χ4n) is 3.47. The van der Waals surface area contributed by atoms with Gasteiger partial charge in [0.15, 0.2) is 0 Å². The Morgan fingerprint density at radius 3 is 2.79 bits per heavy atom. The number of pyridine rings is 2. The highest BCUT2D eigenvalue weighted by Gasteiger charge is 2.39. The minimum atomic E-state index is -0.431. The Balaban J connectivity index is 1.58. The average Bonchev–Trinajstić information content (AvgIpc) is 2.99. The molecule has 2 amide bonds. The largest absolute Gasteiger partial charge is 0.352 e. The maximum atomic E-state index is 13.0. The van der Waals surface area contributed by atoms with Crippen molar-refractivity contribution in [2.45, 2.75) is 25.9 Å². The van der Waals surface area contributed by atoms with Gasteiger partial charge in [-0.2, -0.15) is 0 Å². The van der Waals surface area contributed by atoms with Crippen molar-refractivity contribution in [1.82, 2.24) is 15.3 Å². The highest BCUT2D eigenvalue weighted by atomic mass is 16.2. The number of anilines is 1. The lowest BCUT2D eigenvalue weighted by molar-refractivity contribution is -0.121. The Bertz CT molecular complexity index is 1020. The van der Waals surface area contributed by atoms with Crippen molar-refractivity contribution in [3.05, 3.63) is 89.5 Å². The first-order valence-corrected chi connectivity index (χ1v) is 9.14. The fourth-order valence-corrected chi connectivity index (χ4v) is 3.47. The van der Waals surface area contributed by atoms with Crippen LogP contribution in [-0.4, -0.2) is 21.8 Å². The van der Waals surface area contributed by atoms with Gasteiger partial charge in [0.05, 0.1) is 23.7 Å². The first-order valence-electron chi connectivity index (χ1n) is 9.14. The molecular formula is C22H20N4O2. The van der Waals surface area contributed by atoms with Crippen molar-refractivity contribution in [3.63, 3.8) is 0 Å². The molecule has 1 atom stereocenters. The summed E-state index contributed by atoms with van der Waals surface area (Å²) in [6.45, 7) is 2.37.